The number of unbranched alkanes of at least 4 members (excludes halogenated alkanes) is 6. The molecule has 0 saturated carbocycles. The second-order valence-corrected chi connectivity index (χ2v) is 8.59. The Kier molecular flexibility index (Phi) is 15.6. The molecule has 0 aromatic carbocycles. The minimum Gasteiger partial charge on any atom is -0.481 e. The molecule has 0 spiro atoms. The van der Waals surface area contributed by atoms with Crippen molar-refractivity contribution in [2.24, 2.45) is 11.5 Å². The van der Waals surface area contributed by atoms with E-state index in [0.29, 0.717) is 0 Å². The third-order valence-corrected chi connectivity index (χ3v) is 3.92. The summed E-state index contributed by atoms with van der Waals surface area (Å²) in [5, 5.41) is 16.7. The van der Waals surface area contributed by atoms with Crippen LogP contribution in [0.3, 0.4) is 0 Å². The third-order valence-electron chi connectivity index (χ3n) is 3.92. The maximum Gasteiger partial charge on any atom is 0.303 e. The van der Waals surface area contributed by atoms with Crippen LogP contribution in [0, 0.1) is 0 Å². The SMILES string of the molecule is CC(C)(N)CCCCC(C)(C)N.O=C(O)CCCCCCCCC(=O)O. The zero-order valence-corrected chi connectivity index (χ0v) is 17.4. The highest BCUT2D eigenvalue weighted by Crippen LogP contribution is 2.14. The van der Waals surface area contributed by atoms with E-state index in [1.165, 1.54) is 12.8 Å². The molecule has 0 bridgehead atoms. The standard InChI is InChI=1S/C10H24N2.C10H18O4/c1-9(2,11)7-5-6-8-10(3,4)12;11-9(12)7-5-3-1-2-4-6-8-10(13)14/h5-8,11-12H2,1-4H3;1-8H2,(H,11,12)(H,13,14). The van der Waals surface area contributed by atoms with Crippen LogP contribution in [0.1, 0.15) is 105 Å². The molecule has 26 heavy (non-hydrogen) atoms. The van der Waals surface area contributed by atoms with Crippen LogP contribution >= 0.6 is 0 Å². The number of nitrogens with two attached hydrogens (primary N) is 2. The highest BCUT2D eigenvalue weighted by Gasteiger charge is 2.12. The summed E-state index contributed by atoms with van der Waals surface area (Å²) in [6, 6.07) is 0. The predicted octanol–water partition coefficient (Wildman–Crippen LogP) is 4.30. The highest BCUT2D eigenvalue weighted by molar-refractivity contribution is 5.66. The van der Waals surface area contributed by atoms with Crippen molar-refractivity contribution < 1.29 is 19.8 Å². The molecule has 0 radical (unpaired) electrons. The third kappa shape index (κ3) is 30.7. The van der Waals surface area contributed by atoms with Gasteiger partial charge < -0.3 is 21.7 Å². The van der Waals surface area contributed by atoms with Gasteiger partial charge in [0.2, 0.25) is 0 Å². The molecule has 0 heterocycles. The van der Waals surface area contributed by atoms with E-state index in [-0.39, 0.29) is 23.9 Å². The van der Waals surface area contributed by atoms with Gasteiger partial charge in [0.25, 0.3) is 0 Å². The molecule has 0 aliphatic carbocycles. The smallest absolute Gasteiger partial charge is 0.303 e. The number of hydrogen-bond acceptors (Lipinski definition) is 4. The maximum absolute atomic E-state index is 10.1. The Labute approximate surface area is 159 Å². The van der Waals surface area contributed by atoms with E-state index in [4.69, 9.17) is 21.7 Å². The minimum absolute atomic E-state index is 0.0151. The van der Waals surface area contributed by atoms with Crippen LogP contribution in [0.25, 0.3) is 0 Å². The van der Waals surface area contributed by atoms with Crippen molar-refractivity contribution in [3.05, 3.63) is 0 Å². The second kappa shape index (κ2) is 15.0. The quantitative estimate of drug-likeness (QED) is 0.336. The summed E-state index contributed by atoms with van der Waals surface area (Å²) < 4.78 is 0. The summed E-state index contributed by atoms with van der Waals surface area (Å²) in [4.78, 5) is 20.3. The van der Waals surface area contributed by atoms with Gasteiger partial charge in [-0.05, 0) is 53.4 Å². The Bertz CT molecular complexity index is 335. The van der Waals surface area contributed by atoms with Crippen LogP contribution in [0.2, 0.25) is 0 Å². The van der Waals surface area contributed by atoms with Crippen molar-refractivity contribution in [1.29, 1.82) is 0 Å². The van der Waals surface area contributed by atoms with Gasteiger partial charge in [0.1, 0.15) is 0 Å². The molecule has 0 saturated heterocycles. The van der Waals surface area contributed by atoms with Crippen LogP contribution in [0.15, 0.2) is 0 Å². The predicted molar refractivity (Wildman–Crippen MR) is 107 cm³/mol. The zero-order chi connectivity index (χ0) is 20.6. The molecule has 0 aliphatic heterocycles. The normalized spacial score (nSPS) is 11.6. The number of rotatable bonds is 14. The van der Waals surface area contributed by atoms with Gasteiger partial charge in [-0.3, -0.25) is 9.59 Å². The average molecular weight is 375 g/mol. The molecule has 0 fully saturated rings. The van der Waals surface area contributed by atoms with E-state index in [2.05, 4.69) is 27.7 Å². The van der Waals surface area contributed by atoms with Crippen LogP contribution < -0.4 is 11.5 Å². The van der Waals surface area contributed by atoms with Gasteiger partial charge in [0, 0.05) is 23.9 Å². The number of carboxylic acids is 2. The summed E-state index contributed by atoms with van der Waals surface area (Å²) in [5.74, 6) is -1.48. The van der Waals surface area contributed by atoms with Crippen LogP contribution in [0.4, 0.5) is 0 Å². The first-order valence-corrected chi connectivity index (χ1v) is 9.85. The molecule has 0 rings (SSSR count). The second-order valence-electron chi connectivity index (χ2n) is 8.59. The van der Waals surface area contributed by atoms with E-state index < -0.39 is 11.9 Å². The van der Waals surface area contributed by atoms with Gasteiger partial charge in [-0.1, -0.05) is 38.5 Å². The first-order valence-electron chi connectivity index (χ1n) is 9.85. The summed E-state index contributed by atoms with van der Waals surface area (Å²) in [6.45, 7) is 8.28. The fourth-order valence-electron chi connectivity index (χ4n) is 2.42. The molecule has 0 amide bonds. The summed E-state index contributed by atoms with van der Waals surface area (Å²) in [7, 11) is 0. The number of carbonyl (C=O) groups is 2. The van der Waals surface area contributed by atoms with Gasteiger partial charge >= 0.3 is 11.9 Å². The van der Waals surface area contributed by atoms with E-state index >= 15 is 0 Å². The van der Waals surface area contributed by atoms with Crippen molar-refractivity contribution in [1.82, 2.24) is 0 Å². The molecule has 6 heteroatoms. The molecular weight excluding hydrogens is 332 g/mol. The minimum atomic E-state index is -0.740. The fourth-order valence-corrected chi connectivity index (χ4v) is 2.42. The zero-order valence-electron chi connectivity index (χ0n) is 17.4. The lowest BCUT2D eigenvalue weighted by atomic mass is 9.93. The van der Waals surface area contributed by atoms with Gasteiger partial charge in [0.05, 0.1) is 0 Å². The molecule has 0 aromatic heterocycles. The van der Waals surface area contributed by atoms with Crippen LogP contribution in [-0.2, 0) is 9.59 Å². The topological polar surface area (TPSA) is 127 Å². The molecular formula is C20H42N2O4. The van der Waals surface area contributed by atoms with Crippen LogP contribution in [-0.4, -0.2) is 33.2 Å². The number of carboxylic acid groups (broad SMARTS) is 2. The molecule has 6 N–H and O–H groups in total. The van der Waals surface area contributed by atoms with E-state index in [9.17, 15) is 9.59 Å². The van der Waals surface area contributed by atoms with Gasteiger partial charge in [-0.2, -0.15) is 0 Å². The maximum atomic E-state index is 10.1. The Morgan fingerprint density at radius 2 is 0.885 bits per heavy atom. The molecule has 0 atom stereocenters. The summed E-state index contributed by atoms with van der Waals surface area (Å²) in [5.41, 5.74) is 11.7. The van der Waals surface area contributed by atoms with Gasteiger partial charge in [0.15, 0.2) is 0 Å². The van der Waals surface area contributed by atoms with Crippen molar-refractivity contribution >= 4 is 11.9 Å². The van der Waals surface area contributed by atoms with Gasteiger partial charge in [-0.15, -0.1) is 0 Å². The van der Waals surface area contributed by atoms with Crippen LogP contribution in [0.5, 0.6) is 0 Å². The Morgan fingerprint density at radius 1 is 0.615 bits per heavy atom. The van der Waals surface area contributed by atoms with Crippen molar-refractivity contribution in [2.75, 3.05) is 0 Å². The molecule has 0 aromatic rings. The van der Waals surface area contributed by atoms with Crippen molar-refractivity contribution in [3.63, 3.8) is 0 Å². The van der Waals surface area contributed by atoms with Crippen molar-refractivity contribution in [2.45, 2.75) is 116 Å². The summed E-state index contributed by atoms with van der Waals surface area (Å²) >= 11 is 0. The monoisotopic (exact) mass is 374 g/mol. The summed E-state index contributed by atoms with van der Waals surface area (Å²) in [6.07, 6.45) is 10.4. The molecule has 0 unspecified atom stereocenters. The Hall–Kier alpha value is -1.14. The highest BCUT2D eigenvalue weighted by atomic mass is 16.4. The number of hydrogen-bond donors (Lipinski definition) is 4. The molecule has 0 aliphatic rings. The van der Waals surface area contributed by atoms with Gasteiger partial charge in [-0.25, -0.2) is 0 Å². The average Bonchev–Trinajstić information content (AvgIpc) is 2.45. The van der Waals surface area contributed by atoms with E-state index in [1.807, 2.05) is 0 Å². The Morgan fingerprint density at radius 3 is 1.12 bits per heavy atom. The first kappa shape index (κ1) is 27.1. The largest absolute Gasteiger partial charge is 0.481 e. The molecule has 6 nitrogen and oxygen atoms in total. The van der Waals surface area contributed by atoms with E-state index in [0.717, 1.165) is 51.4 Å². The fraction of sp³-hybridized carbons (Fsp3) is 0.900. The van der Waals surface area contributed by atoms with E-state index in [1.54, 1.807) is 0 Å². The first-order chi connectivity index (χ1) is 11.8. The molecule has 156 valence electrons. The number of aliphatic carboxylic acids is 2. The Balaban J connectivity index is 0. The lowest BCUT2D eigenvalue weighted by Crippen LogP contribution is -2.33. The lowest BCUT2D eigenvalue weighted by molar-refractivity contribution is -0.138. The van der Waals surface area contributed by atoms with Crippen molar-refractivity contribution in [3.8, 4) is 0 Å². The lowest BCUT2D eigenvalue weighted by Gasteiger charge is -2.21.